The number of carbonyl (C=O) groups is 1. The monoisotopic (exact) mass is 483 g/mol. The Bertz CT molecular complexity index is 1320. The lowest BCUT2D eigenvalue weighted by Gasteiger charge is -2.13. The van der Waals surface area contributed by atoms with Crippen LogP contribution in [-0.2, 0) is 6.42 Å². The average Bonchev–Trinajstić information content (AvgIpc) is 3.09. The highest BCUT2D eigenvalue weighted by Gasteiger charge is 2.16. The number of aryl methyl sites for hydroxylation is 1. The van der Waals surface area contributed by atoms with Gasteiger partial charge in [-0.3, -0.25) is 0 Å². The quantitative estimate of drug-likeness (QED) is 0.293. The van der Waals surface area contributed by atoms with Crippen LogP contribution in [-0.4, -0.2) is 21.2 Å². The van der Waals surface area contributed by atoms with Crippen LogP contribution in [0, 0.1) is 0 Å². The van der Waals surface area contributed by atoms with E-state index in [4.69, 9.17) is 23.2 Å². The van der Waals surface area contributed by atoms with Gasteiger partial charge in [0.2, 0.25) is 0 Å². The molecule has 2 aromatic carbocycles. The Morgan fingerprint density at radius 1 is 1.06 bits per heavy atom. The van der Waals surface area contributed by atoms with Crippen LogP contribution in [0.5, 0.6) is 0 Å². The number of aromatic carboxylic acids is 1. The number of aliphatic hydroxyl groups excluding tert-OH is 1. The summed E-state index contributed by atoms with van der Waals surface area (Å²) in [6.45, 7) is 0. The largest absolute Gasteiger partial charge is 0.478 e. The molecule has 0 spiro atoms. The third-order valence-electron chi connectivity index (χ3n) is 5.11. The number of halogens is 2. The molecule has 0 amide bonds. The molecule has 0 fully saturated rings. The molecule has 0 unspecified atom stereocenters. The number of rotatable bonds is 7. The zero-order valence-electron chi connectivity index (χ0n) is 16.8. The maximum Gasteiger partial charge on any atom is 0.336 e. The summed E-state index contributed by atoms with van der Waals surface area (Å²) in [5.74, 6) is -1.04. The minimum atomic E-state index is -1.04. The predicted molar refractivity (Wildman–Crippen MR) is 132 cm³/mol. The number of pyridine rings is 1. The molecule has 4 aromatic rings. The minimum Gasteiger partial charge on any atom is -0.478 e. The number of carboxylic acids is 1. The van der Waals surface area contributed by atoms with Crippen LogP contribution in [0.25, 0.3) is 22.4 Å². The Morgan fingerprint density at radius 2 is 1.88 bits per heavy atom. The van der Waals surface area contributed by atoms with Gasteiger partial charge in [0.15, 0.2) is 0 Å². The summed E-state index contributed by atoms with van der Waals surface area (Å²) >= 11 is 13.7. The fraction of sp³-hybridized carbons (Fsp3) is 0.120. The molecule has 0 bridgehead atoms. The van der Waals surface area contributed by atoms with Gasteiger partial charge in [-0.15, -0.1) is 11.3 Å². The maximum atomic E-state index is 11.4. The van der Waals surface area contributed by atoms with Crippen LogP contribution < -0.4 is 0 Å². The molecule has 1 atom stereocenters. The first-order chi connectivity index (χ1) is 15.4. The average molecular weight is 484 g/mol. The number of benzene rings is 2. The van der Waals surface area contributed by atoms with E-state index in [9.17, 15) is 15.0 Å². The lowest BCUT2D eigenvalue weighted by atomic mass is 9.96. The molecule has 2 N–H and O–H groups in total. The number of carboxylic acid groups (broad SMARTS) is 1. The number of aromatic nitrogens is 1. The van der Waals surface area contributed by atoms with Gasteiger partial charge in [-0.05, 0) is 53.8 Å². The Hall–Kier alpha value is -2.70. The second kappa shape index (κ2) is 9.84. The second-order valence-corrected chi connectivity index (χ2v) is 9.33. The topological polar surface area (TPSA) is 70.4 Å². The number of nitrogens with zero attached hydrogens (tertiary/aromatic N) is 1. The van der Waals surface area contributed by atoms with Crippen molar-refractivity contribution < 1.29 is 15.0 Å². The summed E-state index contributed by atoms with van der Waals surface area (Å²) in [5, 5.41) is 20.3. The summed E-state index contributed by atoms with van der Waals surface area (Å²) in [6, 6.07) is 18.4. The number of fused-ring (bicyclic) bond motifs is 1. The van der Waals surface area contributed by atoms with Crippen molar-refractivity contribution in [3.05, 3.63) is 98.0 Å². The lowest BCUT2D eigenvalue weighted by molar-refractivity contribution is 0.0688. The van der Waals surface area contributed by atoms with Crippen LogP contribution in [0.1, 0.15) is 45.3 Å². The molecule has 0 saturated carbocycles. The molecule has 2 aromatic heterocycles. The van der Waals surface area contributed by atoms with E-state index < -0.39 is 12.1 Å². The van der Waals surface area contributed by atoms with Crippen LogP contribution >= 0.6 is 34.5 Å². The normalized spacial score (nSPS) is 12.5. The molecule has 162 valence electrons. The molecule has 0 saturated heterocycles. The Morgan fingerprint density at radius 3 is 2.69 bits per heavy atom. The molecule has 32 heavy (non-hydrogen) atoms. The third kappa shape index (κ3) is 5.03. The van der Waals surface area contributed by atoms with Crippen molar-refractivity contribution in [2.45, 2.75) is 18.9 Å². The van der Waals surface area contributed by atoms with E-state index in [0.717, 1.165) is 21.5 Å². The zero-order valence-corrected chi connectivity index (χ0v) is 19.2. The highest BCUT2D eigenvalue weighted by Crippen LogP contribution is 2.37. The fourth-order valence-corrected chi connectivity index (χ4v) is 4.92. The van der Waals surface area contributed by atoms with E-state index >= 15 is 0 Å². The van der Waals surface area contributed by atoms with Crippen molar-refractivity contribution in [2.24, 2.45) is 0 Å². The summed E-state index contributed by atoms with van der Waals surface area (Å²) in [7, 11) is 0. The molecular formula is C25H19Cl2NO3S. The summed E-state index contributed by atoms with van der Waals surface area (Å²) in [5.41, 5.74) is 4.10. The Balaban J connectivity index is 1.46. The van der Waals surface area contributed by atoms with E-state index in [-0.39, 0.29) is 5.56 Å². The van der Waals surface area contributed by atoms with Crippen molar-refractivity contribution >= 4 is 62.9 Å². The first-order valence-electron chi connectivity index (χ1n) is 9.94. The smallest absolute Gasteiger partial charge is 0.336 e. The van der Waals surface area contributed by atoms with E-state index in [0.29, 0.717) is 33.3 Å². The SMILES string of the molecule is O=C(O)c1ccccc1[C@@H](O)CCc1cccc(C=Cc2ccc3sc(Cl)c(Cl)c3n2)c1. The molecule has 2 heterocycles. The van der Waals surface area contributed by atoms with Crippen LogP contribution in [0.15, 0.2) is 60.7 Å². The molecule has 0 aliphatic heterocycles. The highest BCUT2D eigenvalue weighted by atomic mass is 35.5. The highest BCUT2D eigenvalue weighted by molar-refractivity contribution is 7.23. The molecule has 0 aliphatic carbocycles. The van der Waals surface area contributed by atoms with Gasteiger partial charge in [0.05, 0.1) is 27.1 Å². The van der Waals surface area contributed by atoms with Crippen molar-refractivity contribution in [1.82, 2.24) is 4.98 Å². The molecule has 0 radical (unpaired) electrons. The van der Waals surface area contributed by atoms with Gasteiger partial charge < -0.3 is 10.2 Å². The number of aliphatic hydroxyl groups is 1. The Kier molecular flexibility index (Phi) is 6.92. The Labute approximate surface area is 199 Å². The third-order valence-corrected chi connectivity index (χ3v) is 7.04. The standard InChI is InChI=1S/C25H19Cl2NO3S/c26-22-23-21(32-24(22)27)13-11-17(28-23)10-8-15-4-3-5-16(14-15)9-12-20(29)18-6-1-2-7-19(18)25(30)31/h1-8,10-11,13-14,20,29H,9,12H2,(H,30,31)/t20-/m0/s1. The van der Waals surface area contributed by atoms with Gasteiger partial charge >= 0.3 is 5.97 Å². The zero-order chi connectivity index (χ0) is 22.7. The summed E-state index contributed by atoms with van der Waals surface area (Å²) in [6.07, 6.45) is 4.07. The summed E-state index contributed by atoms with van der Waals surface area (Å²) in [4.78, 5) is 16.0. The number of thiophene rings is 1. The number of hydrogen-bond donors (Lipinski definition) is 2. The minimum absolute atomic E-state index is 0.133. The van der Waals surface area contributed by atoms with E-state index in [1.54, 1.807) is 18.2 Å². The molecule has 7 heteroatoms. The van der Waals surface area contributed by atoms with Crippen molar-refractivity contribution in [3.8, 4) is 0 Å². The van der Waals surface area contributed by atoms with Crippen molar-refractivity contribution in [1.29, 1.82) is 0 Å². The first kappa shape index (κ1) is 22.5. The van der Waals surface area contributed by atoms with Gasteiger partial charge in [0, 0.05) is 0 Å². The van der Waals surface area contributed by atoms with Gasteiger partial charge in [0.25, 0.3) is 0 Å². The van der Waals surface area contributed by atoms with Crippen LogP contribution in [0.4, 0.5) is 0 Å². The number of hydrogen-bond acceptors (Lipinski definition) is 4. The molecule has 0 aliphatic rings. The second-order valence-electron chi connectivity index (χ2n) is 7.30. The van der Waals surface area contributed by atoms with Crippen LogP contribution in [0.3, 0.4) is 0 Å². The van der Waals surface area contributed by atoms with E-state index in [1.807, 2.05) is 48.6 Å². The van der Waals surface area contributed by atoms with Gasteiger partial charge in [0.1, 0.15) is 9.85 Å². The van der Waals surface area contributed by atoms with Gasteiger partial charge in [-0.2, -0.15) is 0 Å². The maximum absolute atomic E-state index is 11.4. The van der Waals surface area contributed by atoms with Crippen molar-refractivity contribution in [2.75, 3.05) is 0 Å². The fourth-order valence-electron chi connectivity index (χ4n) is 3.50. The summed E-state index contributed by atoms with van der Waals surface area (Å²) < 4.78 is 1.48. The molecule has 4 rings (SSSR count). The molecule has 4 nitrogen and oxygen atoms in total. The van der Waals surface area contributed by atoms with E-state index in [2.05, 4.69) is 4.98 Å². The van der Waals surface area contributed by atoms with Crippen molar-refractivity contribution in [3.63, 3.8) is 0 Å². The lowest BCUT2D eigenvalue weighted by Crippen LogP contribution is -2.08. The van der Waals surface area contributed by atoms with Crippen LogP contribution in [0.2, 0.25) is 9.36 Å². The van der Waals surface area contributed by atoms with E-state index in [1.165, 1.54) is 17.4 Å². The van der Waals surface area contributed by atoms with Gasteiger partial charge in [-0.25, -0.2) is 9.78 Å². The first-order valence-corrected chi connectivity index (χ1v) is 11.5. The van der Waals surface area contributed by atoms with Gasteiger partial charge in [-0.1, -0.05) is 71.7 Å². The molecular weight excluding hydrogens is 465 g/mol. The predicted octanol–water partition coefficient (Wildman–Crippen LogP) is 7.14.